The van der Waals surface area contributed by atoms with E-state index in [0.29, 0.717) is 24.2 Å². The minimum atomic E-state index is -0.505. The van der Waals surface area contributed by atoms with E-state index in [-0.39, 0.29) is 18.2 Å². The first-order valence-corrected chi connectivity index (χ1v) is 6.80. The smallest absolute Gasteiger partial charge is 0.376 e. The summed E-state index contributed by atoms with van der Waals surface area (Å²) in [6, 6.07) is 6.95. The van der Waals surface area contributed by atoms with Gasteiger partial charge in [-0.05, 0) is 32.9 Å². The Hall–Kier alpha value is -1.66. The maximum atomic E-state index is 12.3. The molecule has 0 atom stereocenters. The molecular weight excluding hydrogens is 255 g/mol. The van der Waals surface area contributed by atoms with Crippen LogP contribution in [-0.4, -0.2) is 60.2 Å². The molecule has 0 bridgehead atoms. The summed E-state index contributed by atoms with van der Waals surface area (Å²) in [5, 5.41) is 9.37. The first-order chi connectivity index (χ1) is 9.50. The lowest BCUT2D eigenvalue weighted by molar-refractivity contribution is 0.0677. The molecule has 0 saturated carbocycles. The molecule has 1 aromatic carbocycles. The van der Waals surface area contributed by atoms with Crippen LogP contribution in [0.2, 0.25) is 6.82 Å². The molecule has 1 aliphatic rings. The summed E-state index contributed by atoms with van der Waals surface area (Å²) in [4.78, 5) is 27.7. The third-order valence-electron chi connectivity index (χ3n) is 3.66. The fraction of sp³-hybridized carbons (Fsp3) is 0.429. The lowest BCUT2D eigenvalue weighted by Gasteiger charge is -2.28. The number of fused-ring (bicyclic) bond motifs is 1. The molecular formula is C14H19BN2O3. The summed E-state index contributed by atoms with van der Waals surface area (Å²) < 4.78 is 0. The van der Waals surface area contributed by atoms with Crippen molar-refractivity contribution in [2.45, 2.75) is 13.2 Å². The van der Waals surface area contributed by atoms with E-state index in [1.807, 2.05) is 7.05 Å². The van der Waals surface area contributed by atoms with Crippen LogP contribution < -0.4 is 0 Å². The quantitative estimate of drug-likeness (QED) is 0.805. The minimum absolute atomic E-state index is 0.0101. The number of benzene rings is 1. The number of rotatable bonds is 5. The van der Waals surface area contributed by atoms with Gasteiger partial charge in [-0.15, -0.1) is 0 Å². The molecule has 1 amide bonds. The molecule has 0 saturated heterocycles. The van der Waals surface area contributed by atoms with E-state index >= 15 is 0 Å². The van der Waals surface area contributed by atoms with Gasteiger partial charge in [-0.3, -0.25) is 9.59 Å². The van der Waals surface area contributed by atoms with Crippen LogP contribution >= 0.6 is 0 Å². The molecule has 6 heteroatoms. The van der Waals surface area contributed by atoms with Crippen LogP contribution in [-0.2, 0) is 0 Å². The molecule has 0 spiro atoms. The molecule has 0 unspecified atom stereocenters. The van der Waals surface area contributed by atoms with Crippen molar-refractivity contribution in [3.63, 3.8) is 0 Å². The van der Waals surface area contributed by atoms with Gasteiger partial charge in [0.2, 0.25) is 0 Å². The Kier molecular flexibility index (Phi) is 4.57. The Bertz CT molecular complexity index is 519. The highest BCUT2D eigenvalue weighted by atomic mass is 16.2. The van der Waals surface area contributed by atoms with Gasteiger partial charge < -0.3 is 14.7 Å². The monoisotopic (exact) mass is 274 g/mol. The van der Waals surface area contributed by atoms with Crippen molar-refractivity contribution in [3.8, 4) is 0 Å². The molecule has 1 aromatic rings. The molecule has 0 radical (unpaired) electrons. The standard InChI is InChI=1S/C14H19BN2O3/c1-15(20)16(2)8-5-9-17-10-13(18)11-6-3-4-7-12(11)14(17)19/h3-4,6-7,20H,5,8-10H2,1-2H3. The topological polar surface area (TPSA) is 60.9 Å². The molecule has 0 aliphatic carbocycles. The zero-order valence-electron chi connectivity index (χ0n) is 11.9. The van der Waals surface area contributed by atoms with Crippen molar-refractivity contribution in [2.75, 3.05) is 26.7 Å². The lowest BCUT2D eigenvalue weighted by atomic mass is 9.86. The predicted octanol–water partition coefficient (Wildman–Crippen LogP) is 0.757. The second-order valence-corrected chi connectivity index (χ2v) is 5.16. The highest BCUT2D eigenvalue weighted by molar-refractivity contribution is 6.45. The number of carbonyl (C=O) groups excluding carboxylic acids is 2. The largest absolute Gasteiger partial charge is 0.437 e. The third-order valence-corrected chi connectivity index (χ3v) is 3.66. The van der Waals surface area contributed by atoms with Gasteiger partial charge >= 0.3 is 7.05 Å². The van der Waals surface area contributed by atoms with E-state index in [4.69, 9.17) is 0 Å². The van der Waals surface area contributed by atoms with Crippen LogP contribution in [0.1, 0.15) is 27.1 Å². The van der Waals surface area contributed by atoms with E-state index in [2.05, 4.69) is 0 Å². The molecule has 2 rings (SSSR count). The summed E-state index contributed by atoms with van der Waals surface area (Å²) >= 11 is 0. The number of carbonyl (C=O) groups is 2. The second kappa shape index (κ2) is 6.20. The highest BCUT2D eigenvalue weighted by Gasteiger charge is 2.29. The molecule has 1 N–H and O–H groups in total. The Labute approximate surface area is 119 Å². The van der Waals surface area contributed by atoms with E-state index in [9.17, 15) is 14.6 Å². The zero-order valence-corrected chi connectivity index (χ0v) is 11.9. The van der Waals surface area contributed by atoms with Gasteiger partial charge in [0.15, 0.2) is 5.78 Å². The van der Waals surface area contributed by atoms with Gasteiger partial charge in [0.05, 0.1) is 12.1 Å². The molecule has 0 aromatic heterocycles. The predicted molar refractivity (Wildman–Crippen MR) is 77.8 cm³/mol. The van der Waals surface area contributed by atoms with E-state index in [0.717, 1.165) is 6.42 Å². The van der Waals surface area contributed by atoms with Crippen LogP contribution in [0.5, 0.6) is 0 Å². The zero-order chi connectivity index (χ0) is 14.7. The van der Waals surface area contributed by atoms with Gasteiger partial charge in [-0.1, -0.05) is 18.2 Å². The first kappa shape index (κ1) is 14.7. The summed E-state index contributed by atoms with van der Waals surface area (Å²) in [5.74, 6) is -0.0935. The van der Waals surface area contributed by atoms with E-state index in [1.54, 1.807) is 40.8 Å². The minimum Gasteiger partial charge on any atom is -0.437 e. The molecule has 5 nitrogen and oxygen atoms in total. The average molecular weight is 274 g/mol. The first-order valence-electron chi connectivity index (χ1n) is 6.80. The maximum Gasteiger partial charge on any atom is 0.376 e. The molecule has 1 aliphatic heterocycles. The third kappa shape index (κ3) is 3.08. The summed E-state index contributed by atoms with van der Waals surface area (Å²) in [6.07, 6.45) is 0.725. The van der Waals surface area contributed by atoms with Gasteiger partial charge in [0.1, 0.15) is 0 Å². The number of Topliss-reactive ketones (excluding diaryl/α,β-unsaturated/α-hetero) is 1. The molecule has 0 fully saturated rings. The molecule has 20 heavy (non-hydrogen) atoms. The van der Waals surface area contributed by atoms with Gasteiger partial charge in [-0.2, -0.15) is 0 Å². The Balaban J connectivity index is 1.98. The Morgan fingerprint density at radius 3 is 2.60 bits per heavy atom. The fourth-order valence-electron chi connectivity index (χ4n) is 2.29. The molecule has 106 valence electrons. The average Bonchev–Trinajstić information content (AvgIpc) is 2.44. The summed E-state index contributed by atoms with van der Waals surface area (Å²) in [5.41, 5.74) is 1.02. The van der Waals surface area contributed by atoms with Crippen LogP contribution in [0.3, 0.4) is 0 Å². The normalized spacial score (nSPS) is 14.7. The van der Waals surface area contributed by atoms with Crippen LogP contribution in [0.15, 0.2) is 24.3 Å². The molecule has 1 heterocycles. The summed E-state index contributed by atoms with van der Waals surface area (Å²) in [6.45, 7) is 3.05. The lowest BCUT2D eigenvalue weighted by Crippen LogP contribution is -2.43. The number of ketones is 1. The van der Waals surface area contributed by atoms with Crippen LogP contribution in [0.4, 0.5) is 0 Å². The van der Waals surface area contributed by atoms with Gasteiger partial charge in [0, 0.05) is 12.1 Å². The van der Waals surface area contributed by atoms with Crippen molar-refractivity contribution in [1.82, 2.24) is 9.71 Å². The maximum absolute atomic E-state index is 12.3. The number of amides is 1. The SMILES string of the molecule is CB(O)N(C)CCCN1CC(=O)c2ccccc2C1=O. The van der Waals surface area contributed by atoms with Crippen molar-refractivity contribution in [3.05, 3.63) is 35.4 Å². The fourth-order valence-corrected chi connectivity index (χ4v) is 2.29. The van der Waals surface area contributed by atoms with Gasteiger partial charge in [-0.25, -0.2) is 0 Å². The number of nitrogens with zero attached hydrogens (tertiary/aromatic N) is 2. The Morgan fingerprint density at radius 2 is 1.95 bits per heavy atom. The van der Waals surface area contributed by atoms with Crippen molar-refractivity contribution in [2.24, 2.45) is 0 Å². The van der Waals surface area contributed by atoms with Crippen molar-refractivity contribution >= 4 is 18.7 Å². The van der Waals surface area contributed by atoms with E-state index in [1.165, 1.54) is 0 Å². The van der Waals surface area contributed by atoms with E-state index < -0.39 is 7.05 Å². The number of hydrogen-bond acceptors (Lipinski definition) is 4. The van der Waals surface area contributed by atoms with Gasteiger partial charge in [0.25, 0.3) is 5.91 Å². The van der Waals surface area contributed by atoms with Crippen LogP contribution in [0.25, 0.3) is 0 Å². The van der Waals surface area contributed by atoms with Crippen molar-refractivity contribution in [1.29, 1.82) is 0 Å². The second-order valence-electron chi connectivity index (χ2n) is 5.16. The highest BCUT2D eigenvalue weighted by Crippen LogP contribution is 2.18. The summed E-state index contributed by atoms with van der Waals surface area (Å²) in [7, 11) is 1.32. The Morgan fingerprint density at radius 1 is 1.30 bits per heavy atom. The van der Waals surface area contributed by atoms with Crippen LogP contribution in [0, 0.1) is 0 Å². The number of hydrogen-bond donors (Lipinski definition) is 1. The van der Waals surface area contributed by atoms with Crippen molar-refractivity contribution < 1.29 is 14.6 Å².